The van der Waals surface area contributed by atoms with E-state index >= 15 is 0 Å². The number of nitrogens with zero attached hydrogens (tertiary/aromatic N) is 2. The highest BCUT2D eigenvalue weighted by molar-refractivity contribution is 7.09. The molecule has 19 heavy (non-hydrogen) atoms. The SMILES string of the molecule is CNc1cc(NCc2scnc2C)cc([N+](=O)[O-])c1. The van der Waals surface area contributed by atoms with Gasteiger partial charge in [0.2, 0.25) is 0 Å². The van der Waals surface area contributed by atoms with Crippen LogP contribution in [0.3, 0.4) is 0 Å². The molecule has 0 saturated heterocycles. The number of nitrogens with one attached hydrogen (secondary N) is 2. The van der Waals surface area contributed by atoms with Crippen LogP contribution in [0.5, 0.6) is 0 Å². The second-order valence-corrected chi connectivity index (χ2v) is 4.93. The Morgan fingerprint density at radius 1 is 1.37 bits per heavy atom. The van der Waals surface area contributed by atoms with Crippen LogP contribution in [0.2, 0.25) is 0 Å². The number of hydrogen-bond acceptors (Lipinski definition) is 6. The summed E-state index contributed by atoms with van der Waals surface area (Å²) in [6, 6.07) is 4.86. The molecule has 7 heteroatoms. The molecule has 2 aromatic rings. The second-order valence-electron chi connectivity index (χ2n) is 3.99. The molecular weight excluding hydrogens is 264 g/mol. The van der Waals surface area contributed by atoms with Crippen molar-refractivity contribution in [3.8, 4) is 0 Å². The van der Waals surface area contributed by atoms with Gasteiger partial charge in [0.05, 0.1) is 22.7 Å². The van der Waals surface area contributed by atoms with E-state index in [1.807, 2.05) is 13.0 Å². The fraction of sp³-hybridized carbons (Fsp3) is 0.250. The molecular formula is C12H14N4O2S. The molecule has 0 aliphatic rings. The Balaban J connectivity index is 2.17. The van der Waals surface area contributed by atoms with Gasteiger partial charge in [-0.25, -0.2) is 4.98 Å². The number of aromatic nitrogens is 1. The van der Waals surface area contributed by atoms with Crippen LogP contribution in [0.1, 0.15) is 10.6 Å². The average Bonchev–Trinajstić information content (AvgIpc) is 2.81. The van der Waals surface area contributed by atoms with Gasteiger partial charge in [0.15, 0.2) is 0 Å². The van der Waals surface area contributed by atoms with Crippen LogP contribution in [-0.4, -0.2) is 17.0 Å². The van der Waals surface area contributed by atoms with Gasteiger partial charge in [-0.05, 0) is 13.0 Å². The number of nitro benzene ring substituents is 1. The van der Waals surface area contributed by atoms with Gasteiger partial charge in [-0.1, -0.05) is 0 Å². The summed E-state index contributed by atoms with van der Waals surface area (Å²) in [5, 5.41) is 16.9. The smallest absolute Gasteiger partial charge is 0.273 e. The first-order valence-corrected chi connectivity index (χ1v) is 6.58. The molecule has 0 atom stereocenters. The van der Waals surface area contributed by atoms with Crippen molar-refractivity contribution in [1.82, 2.24) is 4.98 Å². The largest absolute Gasteiger partial charge is 0.388 e. The van der Waals surface area contributed by atoms with Crippen LogP contribution in [0.25, 0.3) is 0 Å². The number of non-ortho nitro benzene ring substituents is 1. The third-order valence-corrected chi connectivity index (χ3v) is 3.65. The quantitative estimate of drug-likeness (QED) is 0.649. The summed E-state index contributed by atoms with van der Waals surface area (Å²) in [5.74, 6) is 0. The lowest BCUT2D eigenvalue weighted by atomic mass is 10.2. The summed E-state index contributed by atoms with van der Waals surface area (Å²) in [4.78, 5) is 15.7. The first kappa shape index (κ1) is 13.3. The Kier molecular flexibility index (Phi) is 3.96. The summed E-state index contributed by atoms with van der Waals surface area (Å²) >= 11 is 1.57. The normalized spacial score (nSPS) is 10.2. The first-order valence-electron chi connectivity index (χ1n) is 5.70. The monoisotopic (exact) mass is 278 g/mol. The molecule has 6 nitrogen and oxygen atoms in total. The van der Waals surface area contributed by atoms with Crippen molar-refractivity contribution in [1.29, 1.82) is 0 Å². The van der Waals surface area contributed by atoms with Crippen molar-refractivity contribution in [2.24, 2.45) is 0 Å². The first-order chi connectivity index (χ1) is 9.10. The summed E-state index contributed by atoms with van der Waals surface area (Å²) < 4.78 is 0. The van der Waals surface area contributed by atoms with E-state index in [0.717, 1.165) is 10.6 Å². The average molecular weight is 278 g/mol. The minimum absolute atomic E-state index is 0.0652. The fourth-order valence-electron chi connectivity index (χ4n) is 1.64. The van der Waals surface area contributed by atoms with Crippen molar-refractivity contribution in [2.45, 2.75) is 13.5 Å². The third-order valence-electron chi connectivity index (χ3n) is 2.72. The molecule has 0 bridgehead atoms. The molecule has 0 radical (unpaired) electrons. The number of benzene rings is 1. The zero-order valence-electron chi connectivity index (χ0n) is 10.6. The van der Waals surface area contributed by atoms with Crippen molar-refractivity contribution in [2.75, 3.05) is 17.7 Å². The maximum atomic E-state index is 10.9. The Hall–Kier alpha value is -2.15. The summed E-state index contributed by atoms with van der Waals surface area (Å²) in [5.41, 5.74) is 4.26. The van der Waals surface area contributed by atoms with E-state index in [1.54, 1.807) is 23.9 Å². The van der Waals surface area contributed by atoms with E-state index in [4.69, 9.17) is 0 Å². The van der Waals surface area contributed by atoms with Gasteiger partial charge in [0.25, 0.3) is 5.69 Å². The number of hydrogen-bond donors (Lipinski definition) is 2. The molecule has 1 heterocycles. The minimum atomic E-state index is -0.399. The summed E-state index contributed by atoms with van der Waals surface area (Å²) in [7, 11) is 1.73. The van der Waals surface area contributed by atoms with Gasteiger partial charge in [-0.3, -0.25) is 10.1 Å². The Morgan fingerprint density at radius 2 is 2.11 bits per heavy atom. The Morgan fingerprint density at radius 3 is 2.68 bits per heavy atom. The number of thiazole rings is 1. The minimum Gasteiger partial charge on any atom is -0.388 e. The van der Waals surface area contributed by atoms with Crippen LogP contribution in [-0.2, 0) is 6.54 Å². The van der Waals surface area contributed by atoms with Gasteiger partial charge in [-0.2, -0.15) is 0 Å². The molecule has 2 N–H and O–H groups in total. The predicted octanol–water partition coefficient (Wildman–Crippen LogP) is 3.01. The van der Waals surface area contributed by atoms with E-state index in [2.05, 4.69) is 15.6 Å². The maximum absolute atomic E-state index is 10.9. The third kappa shape index (κ3) is 3.19. The van der Waals surface area contributed by atoms with Crippen molar-refractivity contribution < 1.29 is 4.92 Å². The fourth-order valence-corrected chi connectivity index (χ4v) is 2.36. The number of nitro groups is 1. The molecule has 0 aliphatic carbocycles. The molecule has 0 fully saturated rings. The number of anilines is 2. The molecule has 0 spiro atoms. The lowest BCUT2D eigenvalue weighted by Gasteiger charge is -2.08. The van der Waals surface area contributed by atoms with Crippen molar-refractivity contribution >= 4 is 28.4 Å². The Bertz CT molecular complexity index is 597. The van der Waals surface area contributed by atoms with Gasteiger partial charge >= 0.3 is 0 Å². The number of rotatable bonds is 5. The number of aryl methyl sites for hydroxylation is 1. The molecule has 100 valence electrons. The van der Waals surface area contributed by atoms with Crippen LogP contribution in [0.4, 0.5) is 17.1 Å². The zero-order chi connectivity index (χ0) is 13.8. The van der Waals surface area contributed by atoms with E-state index in [9.17, 15) is 10.1 Å². The van der Waals surface area contributed by atoms with Gasteiger partial charge in [-0.15, -0.1) is 11.3 Å². The summed E-state index contributed by atoms with van der Waals surface area (Å²) in [6.07, 6.45) is 0. The highest BCUT2D eigenvalue weighted by atomic mass is 32.1. The predicted molar refractivity (Wildman–Crippen MR) is 76.8 cm³/mol. The highest BCUT2D eigenvalue weighted by Crippen LogP contribution is 2.25. The molecule has 1 aromatic heterocycles. The highest BCUT2D eigenvalue weighted by Gasteiger charge is 2.09. The lowest BCUT2D eigenvalue weighted by molar-refractivity contribution is -0.384. The van der Waals surface area contributed by atoms with Crippen LogP contribution in [0, 0.1) is 17.0 Å². The zero-order valence-corrected chi connectivity index (χ0v) is 11.5. The molecule has 0 amide bonds. The summed E-state index contributed by atoms with van der Waals surface area (Å²) in [6.45, 7) is 2.56. The van der Waals surface area contributed by atoms with Crippen LogP contribution >= 0.6 is 11.3 Å². The Labute approximate surface area is 114 Å². The molecule has 0 aliphatic heterocycles. The topological polar surface area (TPSA) is 80.1 Å². The lowest BCUT2D eigenvalue weighted by Crippen LogP contribution is -2.01. The molecule has 1 aromatic carbocycles. The van der Waals surface area contributed by atoms with Gasteiger partial charge < -0.3 is 10.6 Å². The van der Waals surface area contributed by atoms with E-state index in [1.165, 1.54) is 12.1 Å². The van der Waals surface area contributed by atoms with Crippen LogP contribution in [0.15, 0.2) is 23.7 Å². The van der Waals surface area contributed by atoms with Gasteiger partial charge in [0, 0.05) is 35.4 Å². The standard InChI is InChI=1S/C12H14N4O2S/c1-8-12(19-7-15-8)6-14-10-3-9(13-2)4-11(5-10)16(17)18/h3-5,7,13-14H,6H2,1-2H3. The van der Waals surface area contributed by atoms with Gasteiger partial charge in [0.1, 0.15) is 0 Å². The maximum Gasteiger partial charge on any atom is 0.273 e. The molecule has 2 rings (SSSR count). The van der Waals surface area contributed by atoms with Crippen molar-refractivity contribution in [3.63, 3.8) is 0 Å². The second kappa shape index (κ2) is 5.66. The van der Waals surface area contributed by atoms with Crippen molar-refractivity contribution in [3.05, 3.63) is 44.4 Å². The van der Waals surface area contributed by atoms with E-state index in [-0.39, 0.29) is 5.69 Å². The molecule has 0 unspecified atom stereocenters. The van der Waals surface area contributed by atoms with E-state index < -0.39 is 4.92 Å². The van der Waals surface area contributed by atoms with E-state index in [0.29, 0.717) is 17.9 Å². The van der Waals surface area contributed by atoms with Crippen LogP contribution < -0.4 is 10.6 Å². The molecule has 0 saturated carbocycles.